The summed E-state index contributed by atoms with van der Waals surface area (Å²) in [6, 6.07) is 21.2. The van der Waals surface area contributed by atoms with E-state index in [1.165, 1.54) is 0 Å². The van der Waals surface area contributed by atoms with E-state index in [-0.39, 0.29) is 12.2 Å². The number of carbonyl (C=O) groups excluding carboxylic acids is 1. The first-order valence-corrected chi connectivity index (χ1v) is 12.3. The number of aliphatic carboxylic acids is 1. The van der Waals surface area contributed by atoms with E-state index in [4.69, 9.17) is 19.1 Å². The van der Waals surface area contributed by atoms with E-state index in [0.29, 0.717) is 46.0 Å². The van der Waals surface area contributed by atoms with Crippen molar-refractivity contribution in [2.75, 3.05) is 19.5 Å². The van der Waals surface area contributed by atoms with Crippen molar-refractivity contribution in [3.05, 3.63) is 95.8 Å². The average molecular weight is 526 g/mol. The number of H-pyrrole nitrogens is 1. The molecule has 39 heavy (non-hydrogen) atoms. The van der Waals surface area contributed by atoms with Gasteiger partial charge in [0, 0.05) is 64.6 Å². The highest BCUT2D eigenvalue weighted by atomic mass is 16.5. The van der Waals surface area contributed by atoms with Gasteiger partial charge in [-0.05, 0) is 24.1 Å². The van der Waals surface area contributed by atoms with Crippen LogP contribution in [0.15, 0.2) is 83.5 Å². The number of nitrogens with one attached hydrogen (secondary N) is 2. The van der Waals surface area contributed by atoms with Gasteiger partial charge in [-0.3, -0.25) is 9.59 Å². The fourth-order valence-corrected chi connectivity index (χ4v) is 4.43. The maximum atomic E-state index is 14.1. The fraction of sp³-hybridized carbons (Fsp3) is 0.167. The van der Waals surface area contributed by atoms with E-state index in [2.05, 4.69) is 15.5 Å². The molecule has 0 fully saturated rings. The number of ether oxygens (including phenoxy) is 2. The number of carboxylic acids is 1. The number of rotatable bonds is 11. The number of carbonyl (C=O) groups is 2. The van der Waals surface area contributed by atoms with E-state index >= 15 is 0 Å². The van der Waals surface area contributed by atoms with Crippen LogP contribution in [-0.2, 0) is 11.2 Å². The van der Waals surface area contributed by atoms with E-state index in [1.807, 2.05) is 48.5 Å². The number of hydrogen-bond donors (Lipinski definition) is 3. The maximum absolute atomic E-state index is 14.1. The van der Waals surface area contributed by atoms with E-state index in [0.717, 1.165) is 16.6 Å². The SMILES string of the molecule is COc1cc(NC(C(=O)c2c[nH]c3ccc(CCC(=O)O)cc23)c2cc(-c3ccccc3)on2)cc(OC)c1. The Kier molecular flexibility index (Phi) is 7.31. The van der Waals surface area contributed by atoms with Crippen molar-refractivity contribution in [1.29, 1.82) is 0 Å². The van der Waals surface area contributed by atoms with Crippen molar-refractivity contribution in [2.45, 2.75) is 18.9 Å². The number of Topliss-reactive ketones (excluding diaryl/α,β-unsaturated/α-hetero) is 1. The van der Waals surface area contributed by atoms with E-state index in [1.54, 1.807) is 44.7 Å². The monoisotopic (exact) mass is 525 g/mol. The lowest BCUT2D eigenvalue weighted by Gasteiger charge is -2.18. The van der Waals surface area contributed by atoms with Crippen LogP contribution >= 0.6 is 0 Å². The van der Waals surface area contributed by atoms with Gasteiger partial charge in [0.25, 0.3) is 0 Å². The predicted octanol–water partition coefficient (Wildman–Crippen LogP) is 5.89. The molecule has 3 aromatic carbocycles. The molecule has 5 aromatic rings. The van der Waals surface area contributed by atoms with Gasteiger partial charge in [-0.25, -0.2) is 0 Å². The Morgan fingerprint density at radius 2 is 1.74 bits per heavy atom. The smallest absolute Gasteiger partial charge is 0.303 e. The zero-order chi connectivity index (χ0) is 27.4. The molecule has 0 radical (unpaired) electrons. The van der Waals surface area contributed by atoms with Crippen LogP contribution in [0.1, 0.15) is 34.1 Å². The Hall–Kier alpha value is -5.05. The van der Waals surface area contributed by atoms with Gasteiger partial charge in [0.2, 0.25) is 0 Å². The van der Waals surface area contributed by atoms with Crippen LogP contribution in [0, 0.1) is 0 Å². The number of aromatic amines is 1. The van der Waals surface area contributed by atoms with Crippen LogP contribution in [0.3, 0.4) is 0 Å². The Morgan fingerprint density at radius 1 is 1.00 bits per heavy atom. The number of benzene rings is 3. The summed E-state index contributed by atoms with van der Waals surface area (Å²) in [5.74, 6) is 0.528. The van der Waals surface area contributed by atoms with Crippen molar-refractivity contribution < 1.29 is 28.7 Å². The topological polar surface area (TPSA) is 127 Å². The van der Waals surface area contributed by atoms with Crippen molar-refractivity contribution in [1.82, 2.24) is 10.1 Å². The molecule has 0 bridgehead atoms. The summed E-state index contributed by atoms with van der Waals surface area (Å²) in [7, 11) is 3.11. The minimum atomic E-state index is -0.912. The molecule has 9 nitrogen and oxygen atoms in total. The zero-order valence-corrected chi connectivity index (χ0v) is 21.4. The van der Waals surface area contributed by atoms with Gasteiger partial charge in [-0.2, -0.15) is 0 Å². The van der Waals surface area contributed by atoms with Crippen LogP contribution in [0.4, 0.5) is 5.69 Å². The highest BCUT2D eigenvalue weighted by molar-refractivity contribution is 6.11. The minimum Gasteiger partial charge on any atom is -0.497 e. The second-order valence-electron chi connectivity index (χ2n) is 9.00. The number of methoxy groups -OCH3 is 2. The molecule has 198 valence electrons. The van der Waals surface area contributed by atoms with Gasteiger partial charge >= 0.3 is 5.97 Å². The number of anilines is 1. The van der Waals surface area contributed by atoms with E-state index < -0.39 is 12.0 Å². The third-order valence-electron chi connectivity index (χ3n) is 6.45. The second-order valence-corrected chi connectivity index (χ2v) is 9.00. The highest BCUT2D eigenvalue weighted by Gasteiger charge is 2.28. The van der Waals surface area contributed by atoms with Crippen LogP contribution in [0.2, 0.25) is 0 Å². The molecule has 3 N–H and O–H groups in total. The summed E-state index contributed by atoms with van der Waals surface area (Å²) in [6.45, 7) is 0. The molecule has 1 unspecified atom stereocenters. The van der Waals surface area contributed by atoms with Gasteiger partial charge in [0.15, 0.2) is 11.5 Å². The summed E-state index contributed by atoms with van der Waals surface area (Å²) in [5, 5.41) is 17.3. The summed E-state index contributed by atoms with van der Waals surface area (Å²) in [6.07, 6.45) is 2.02. The number of carboxylic acid groups (broad SMARTS) is 1. The standard InChI is InChI=1S/C30H27N3O6/c1-37-21-13-20(14-22(15-21)38-2)32-29(26-16-27(39-33-26)19-6-4-3-5-7-19)30(36)24-17-31-25-10-8-18(12-23(24)25)9-11-28(34)35/h3-8,10,12-17,29,31-32H,9,11H2,1-2H3,(H,34,35). The maximum Gasteiger partial charge on any atom is 0.303 e. The zero-order valence-electron chi connectivity index (χ0n) is 21.4. The van der Waals surface area contributed by atoms with Crippen molar-refractivity contribution in [3.8, 4) is 22.8 Å². The third kappa shape index (κ3) is 5.62. The number of fused-ring (bicyclic) bond motifs is 1. The number of hydrogen-bond acceptors (Lipinski definition) is 7. The molecule has 0 saturated heterocycles. The number of aromatic nitrogens is 2. The van der Waals surface area contributed by atoms with Crippen LogP contribution in [0.25, 0.3) is 22.2 Å². The number of ketones is 1. The molecule has 5 rings (SSSR count). The second kappa shape index (κ2) is 11.1. The van der Waals surface area contributed by atoms with Gasteiger partial charge in [-0.1, -0.05) is 41.6 Å². The summed E-state index contributed by atoms with van der Waals surface area (Å²) in [4.78, 5) is 28.4. The van der Waals surface area contributed by atoms with Gasteiger partial charge < -0.3 is 29.4 Å². The molecule has 0 saturated carbocycles. The van der Waals surface area contributed by atoms with Crippen molar-refractivity contribution >= 4 is 28.3 Å². The Balaban J connectivity index is 1.55. The van der Waals surface area contributed by atoms with Crippen molar-refractivity contribution in [2.24, 2.45) is 0 Å². The molecule has 0 amide bonds. The molecule has 0 aliphatic heterocycles. The molecule has 2 aromatic heterocycles. The van der Waals surface area contributed by atoms with E-state index in [9.17, 15) is 9.59 Å². The molecule has 9 heteroatoms. The quantitative estimate of drug-likeness (QED) is 0.182. The van der Waals surface area contributed by atoms with Crippen LogP contribution in [0.5, 0.6) is 11.5 Å². The molecule has 2 heterocycles. The third-order valence-corrected chi connectivity index (χ3v) is 6.45. The summed E-state index contributed by atoms with van der Waals surface area (Å²) >= 11 is 0. The lowest BCUT2D eigenvalue weighted by atomic mass is 9.98. The van der Waals surface area contributed by atoms with Crippen LogP contribution < -0.4 is 14.8 Å². The molecule has 1 atom stereocenters. The Labute approximate surface area is 224 Å². The average Bonchev–Trinajstić information content (AvgIpc) is 3.62. The highest BCUT2D eigenvalue weighted by Crippen LogP contribution is 2.33. The molecule has 0 aliphatic carbocycles. The summed E-state index contributed by atoms with van der Waals surface area (Å²) < 4.78 is 16.4. The minimum absolute atomic E-state index is 0.00225. The largest absolute Gasteiger partial charge is 0.497 e. The Bertz CT molecular complexity index is 1600. The molecule has 0 spiro atoms. The predicted molar refractivity (Wildman–Crippen MR) is 146 cm³/mol. The summed E-state index contributed by atoms with van der Waals surface area (Å²) in [5.41, 5.74) is 3.87. The first kappa shape index (κ1) is 25.6. The molecule has 0 aliphatic rings. The van der Waals surface area contributed by atoms with Gasteiger partial charge in [-0.15, -0.1) is 0 Å². The number of aryl methyl sites for hydroxylation is 1. The van der Waals surface area contributed by atoms with Gasteiger partial charge in [0.05, 0.1) is 14.2 Å². The van der Waals surface area contributed by atoms with Gasteiger partial charge in [0.1, 0.15) is 23.2 Å². The fourth-order valence-electron chi connectivity index (χ4n) is 4.43. The molecular formula is C30H27N3O6. The Morgan fingerprint density at radius 3 is 2.44 bits per heavy atom. The lowest BCUT2D eigenvalue weighted by Crippen LogP contribution is -2.21. The molecular weight excluding hydrogens is 498 g/mol. The first-order valence-electron chi connectivity index (χ1n) is 12.3. The lowest BCUT2D eigenvalue weighted by molar-refractivity contribution is -0.136. The van der Waals surface area contributed by atoms with Crippen LogP contribution in [-0.4, -0.2) is 41.2 Å². The normalized spacial score (nSPS) is 11.7. The first-order chi connectivity index (χ1) is 18.9. The number of nitrogens with zero attached hydrogens (tertiary/aromatic N) is 1. The van der Waals surface area contributed by atoms with Crippen molar-refractivity contribution in [3.63, 3.8) is 0 Å².